The van der Waals surface area contributed by atoms with Crippen molar-refractivity contribution in [3.8, 4) is 0 Å². The molecule has 0 spiro atoms. The Labute approximate surface area is 103 Å². The first-order valence-electron chi connectivity index (χ1n) is 5.16. The van der Waals surface area contributed by atoms with E-state index in [1.807, 2.05) is 12.2 Å². The van der Waals surface area contributed by atoms with Gasteiger partial charge in [0.15, 0.2) is 12.2 Å². The van der Waals surface area contributed by atoms with Gasteiger partial charge in [0, 0.05) is 18.6 Å². The van der Waals surface area contributed by atoms with Crippen molar-refractivity contribution < 1.29 is 35.1 Å². The lowest BCUT2D eigenvalue weighted by molar-refractivity contribution is -0.165. The van der Waals surface area contributed by atoms with Crippen molar-refractivity contribution in [1.82, 2.24) is 0 Å². The number of carbonyl (C=O) groups is 2. The molecule has 0 heterocycles. The summed E-state index contributed by atoms with van der Waals surface area (Å²) in [5, 5.41) is 41.1. The average molecular weight is 263 g/mol. The second-order valence-corrected chi connectivity index (χ2v) is 3.79. The molecule has 0 bridgehead atoms. The highest BCUT2D eigenvalue weighted by atomic mass is 16.4. The van der Waals surface area contributed by atoms with Gasteiger partial charge in [0.05, 0.1) is 0 Å². The molecule has 1 aliphatic carbocycles. The topological polar surface area (TPSA) is 161 Å². The molecular formula is C10H17NO7. The van der Waals surface area contributed by atoms with Gasteiger partial charge >= 0.3 is 11.9 Å². The third kappa shape index (κ3) is 5.73. The number of carboxylic acids is 2. The van der Waals surface area contributed by atoms with Crippen molar-refractivity contribution >= 4 is 11.9 Å². The van der Waals surface area contributed by atoms with E-state index in [0.29, 0.717) is 5.92 Å². The minimum absolute atomic E-state index is 0.187. The standard InChI is InChI=1S/C6H11NO.C4H6O6/c7-6-2-1-5(3-6)4-8;5-1(3(7)8)2(6)4(9)10/h1-2,5-6,8H,3-4,7H2;1-2,5-6H,(H,7,8)(H,9,10)/t5-,6+;1-,2-/m01/s1. The second kappa shape index (κ2) is 7.77. The molecule has 0 radical (unpaired) electrons. The fourth-order valence-electron chi connectivity index (χ4n) is 1.21. The van der Waals surface area contributed by atoms with Crippen LogP contribution in [0.15, 0.2) is 12.2 Å². The molecule has 4 atom stereocenters. The number of aliphatic hydroxyl groups excluding tert-OH is 3. The van der Waals surface area contributed by atoms with E-state index in [4.69, 9.17) is 31.3 Å². The lowest BCUT2D eigenvalue weighted by Crippen LogP contribution is -2.39. The number of hydrogen-bond acceptors (Lipinski definition) is 6. The van der Waals surface area contributed by atoms with E-state index in [2.05, 4.69) is 0 Å². The molecule has 1 rings (SSSR count). The average Bonchev–Trinajstić information content (AvgIpc) is 2.73. The molecule has 0 aromatic carbocycles. The third-order valence-electron chi connectivity index (χ3n) is 2.24. The van der Waals surface area contributed by atoms with Crippen LogP contribution >= 0.6 is 0 Å². The highest BCUT2D eigenvalue weighted by Crippen LogP contribution is 2.14. The van der Waals surface area contributed by atoms with Gasteiger partial charge in [-0.1, -0.05) is 12.2 Å². The molecular weight excluding hydrogens is 246 g/mol. The molecule has 0 fully saturated rings. The van der Waals surface area contributed by atoms with Crippen molar-refractivity contribution in [2.24, 2.45) is 11.7 Å². The molecule has 8 heteroatoms. The van der Waals surface area contributed by atoms with Crippen LogP contribution in [0.4, 0.5) is 0 Å². The van der Waals surface area contributed by atoms with Crippen LogP contribution < -0.4 is 5.73 Å². The number of hydrogen-bond donors (Lipinski definition) is 6. The Morgan fingerprint density at radius 3 is 1.78 bits per heavy atom. The summed E-state index contributed by atoms with van der Waals surface area (Å²) < 4.78 is 0. The molecule has 0 saturated heterocycles. The normalized spacial score (nSPS) is 24.9. The van der Waals surface area contributed by atoms with E-state index in [0.717, 1.165) is 6.42 Å². The number of nitrogens with two attached hydrogens (primary N) is 1. The van der Waals surface area contributed by atoms with Crippen molar-refractivity contribution in [2.75, 3.05) is 6.61 Å². The van der Waals surface area contributed by atoms with E-state index in [1.54, 1.807) is 0 Å². The van der Waals surface area contributed by atoms with Crippen LogP contribution in [0, 0.1) is 5.92 Å². The monoisotopic (exact) mass is 263 g/mol. The molecule has 1 aliphatic rings. The van der Waals surface area contributed by atoms with Crippen molar-refractivity contribution in [3.63, 3.8) is 0 Å². The molecule has 8 nitrogen and oxygen atoms in total. The first kappa shape index (κ1) is 16.5. The third-order valence-corrected chi connectivity index (χ3v) is 2.24. The molecule has 0 saturated carbocycles. The summed E-state index contributed by atoms with van der Waals surface area (Å²) in [6, 6.07) is 0.187. The van der Waals surface area contributed by atoms with Crippen molar-refractivity contribution in [1.29, 1.82) is 0 Å². The van der Waals surface area contributed by atoms with E-state index in [-0.39, 0.29) is 12.6 Å². The van der Waals surface area contributed by atoms with Crippen molar-refractivity contribution in [2.45, 2.75) is 24.7 Å². The Kier molecular flexibility index (Phi) is 7.13. The zero-order valence-corrected chi connectivity index (χ0v) is 9.51. The van der Waals surface area contributed by atoms with Gasteiger partial charge in [-0.05, 0) is 6.42 Å². The van der Waals surface area contributed by atoms with Crippen LogP contribution in [0.5, 0.6) is 0 Å². The highest BCUT2D eigenvalue weighted by molar-refractivity contribution is 5.83. The number of carboxylic acid groups (broad SMARTS) is 2. The zero-order chi connectivity index (χ0) is 14.3. The Morgan fingerprint density at radius 1 is 1.17 bits per heavy atom. The van der Waals surface area contributed by atoms with Gasteiger partial charge in [-0.2, -0.15) is 0 Å². The minimum Gasteiger partial charge on any atom is -0.479 e. The van der Waals surface area contributed by atoms with Gasteiger partial charge in [0.2, 0.25) is 0 Å². The summed E-state index contributed by atoms with van der Waals surface area (Å²) in [7, 11) is 0. The van der Waals surface area contributed by atoms with Crippen LogP contribution in [0.3, 0.4) is 0 Å². The van der Waals surface area contributed by atoms with Crippen LogP contribution in [0.25, 0.3) is 0 Å². The van der Waals surface area contributed by atoms with Gasteiger partial charge < -0.3 is 31.3 Å². The number of aliphatic hydroxyl groups is 3. The van der Waals surface area contributed by atoms with E-state index >= 15 is 0 Å². The maximum Gasteiger partial charge on any atom is 0.335 e. The summed E-state index contributed by atoms with van der Waals surface area (Å²) in [4.78, 5) is 19.5. The quantitative estimate of drug-likeness (QED) is 0.310. The largest absolute Gasteiger partial charge is 0.479 e. The van der Waals surface area contributed by atoms with Crippen LogP contribution in [-0.2, 0) is 9.59 Å². The fourth-order valence-corrected chi connectivity index (χ4v) is 1.21. The highest BCUT2D eigenvalue weighted by Gasteiger charge is 2.29. The summed E-state index contributed by atoms with van der Waals surface area (Å²) in [6.45, 7) is 0.240. The second-order valence-electron chi connectivity index (χ2n) is 3.79. The van der Waals surface area contributed by atoms with Crippen molar-refractivity contribution in [3.05, 3.63) is 12.2 Å². The smallest absolute Gasteiger partial charge is 0.335 e. The van der Waals surface area contributed by atoms with Gasteiger partial charge in [0.25, 0.3) is 0 Å². The van der Waals surface area contributed by atoms with Crippen LogP contribution in [-0.4, -0.2) is 62.3 Å². The maximum atomic E-state index is 9.77. The van der Waals surface area contributed by atoms with Crippen LogP contribution in [0.1, 0.15) is 6.42 Å². The Bertz CT molecular complexity index is 299. The Balaban J connectivity index is 0.000000327. The Morgan fingerprint density at radius 2 is 1.61 bits per heavy atom. The molecule has 0 aromatic rings. The summed E-state index contributed by atoms with van der Waals surface area (Å²) in [5.74, 6) is -3.21. The first-order valence-corrected chi connectivity index (χ1v) is 5.16. The molecule has 0 aliphatic heterocycles. The molecule has 0 unspecified atom stereocenters. The lowest BCUT2D eigenvalue weighted by atomic mass is 10.1. The maximum absolute atomic E-state index is 9.77. The fraction of sp³-hybridized carbons (Fsp3) is 0.600. The summed E-state index contributed by atoms with van der Waals surface area (Å²) >= 11 is 0. The number of rotatable bonds is 4. The summed E-state index contributed by atoms with van der Waals surface area (Å²) in [6.07, 6.45) is 0.303. The SMILES string of the molecule is N[C@@H]1C=C[C@H](CO)C1.O=C(O)[C@H](O)[C@@H](O)C(=O)O. The molecule has 0 amide bonds. The molecule has 0 aromatic heterocycles. The molecule has 7 N–H and O–H groups in total. The van der Waals surface area contributed by atoms with Gasteiger partial charge in [0.1, 0.15) is 0 Å². The van der Waals surface area contributed by atoms with Gasteiger partial charge in [-0.25, -0.2) is 9.59 Å². The molecule has 18 heavy (non-hydrogen) atoms. The van der Waals surface area contributed by atoms with Gasteiger partial charge in [-0.3, -0.25) is 0 Å². The predicted molar refractivity (Wildman–Crippen MR) is 59.6 cm³/mol. The number of aliphatic carboxylic acids is 2. The van der Waals surface area contributed by atoms with E-state index in [1.165, 1.54) is 0 Å². The summed E-state index contributed by atoms with van der Waals surface area (Å²) in [5.41, 5.74) is 5.50. The molecule has 104 valence electrons. The predicted octanol–water partition coefficient (Wildman–Crippen LogP) is -2.24. The van der Waals surface area contributed by atoms with Crippen LogP contribution in [0.2, 0.25) is 0 Å². The first-order chi connectivity index (χ1) is 8.29. The van der Waals surface area contributed by atoms with E-state index < -0.39 is 24.1 Å². The zero-order valence-electron chi connectivity index (χ0n) is 9.51. The minimum atomic E-state index is -2.27. The van der Waals surface area contributed by atoms with E-state index in [9.17, 15) is 9.59 Å². The van der Waals surface area contributed by atoms with Gasteiger partial charge in [-0.15, -0.1) is 0 Å². The lowest BCUT2D eigenvalue weighted by Gasteiger charge is -2.07. The Hall–Kier alpha value is -1.48.